The molecule has 1 amide bonds. The summed E-state index contributed by atoms with van der Waals surface area (Å²) < 4.78 is 32.7. The Morgan fingerprint density at radius 3 is 2.32 bits per heavy atom. The van der Waals surface area contributed by atoms with Gasteiger partial charge >= 0.3 is 5.97 Å². The van der Waals surface area contributed by atoms with Gasteiger partial charge in [0.2, 0.25) is 0 Å². The van der Waals surface area contributed by atoms with Crippen molar-refractivity contribution in [2.45, 2.75) is 50.3 Å². The van der Waals surface area contributed by atoms with E-state index in [1.165, 1.54) is 46.9 Å². The Morgan fingerprint density at radius 2 is 1.63 bits per heavy atom. The van der Waals surface area contributed by atoms with Gasteiger partial charge in [0, 0.05) is 16.1 Å². The first-order valence-corrected chi connectivity index (χ1v) is 15.1. The predicted octanol–water partition coefficient (Wildman–Crippen LogP) is 5.51. The minimum atomic E-state index is -4.06. The number of benzene rings is 2. The van der Waals surface area contributed by atoms with Gasteiger partial charge in [0.05, 0.1) is 17.1 Å². The maximum atomic E-state index is 12.8. The largest absolute Gasteiger partial charge is 0.462 e. The van der Waals surface area contributed by atoms with Gasteiger partial charge in [-0.15, -0.1) is 11.3 Å². The van der Waals surface area contributed by atoms with E-state index in [4.69, 9.17) is 17.0 Å². The smallest absolute Gasteiger partial charge is 0.341 e. The molecule has 200 valence electrons. The first-order valence-electron chi connectivity index (χ1n) is 12.4. The number of anilines is 2. The summed E-state index contributed by atoms with van der Waals surface area (Å²) in [6.07, 6.45) is 6.18. The molecule has 8 nitrogen and oxygen atoms in total. The van der Waals surface area contributed by atoms with Gasteiger partial charge in [-0.1, -0.05) is 31.0 Å². The molecule has 0 aliphatic heterocycles. The summed E-state index contributed by atoms with van der Waals surface area (Å²) in [4.78, 5) is 26.2. The van der Waals surface area contributed by atoms with Crippen LogP contribution in [-0.4, -0.2) is 32.0 Å². The first-order chi connectivity index (χ1) is 18.3. The van der Waals surface area contributed by atoms with Crippen molar-refractivity contribution in [3.8, 4) is 0 Å². The second-order valence-electron chi connectivity index (χ2n) is 8.75. The minimum Gasteiger partial charge on any atom is -0.462 e. The normalized spacial score (nSPS) is 13.4. The van der Waals surface area contributed by atoms with Crippen molar-refractivity contribution in [3.05, 3.63) is 76.2 Å². The Hall–Kier alpha value is -3.28. The fourth-order valence-corrected chi connectivity index (χ4v) is 6.78. The molecule has 0 atom stereocenters. The van der Waals surface area contributed by atoms with Gasteiger partial charge in [0.25, 0.3) is 15.9 Å². The van der Waals surface area contributed by atoms with Crippen molar-refractivity contribution in [2.24, 2.45) is 0 Å². The molecule has 38 heavy (non-hydrogen) atoms. The molecule has 0 spiro atoms. The molecule has 1 aromatic heterocycles. The number of hydrogen-bond donors (Lipinski definition) is 3. The molecule has 11 heteroatoms. The van der Waals surface area contributed by atoms with Gasteiger partial charge in [0.15, 0.2) is 5.11 Å². The number of sulfonamides is 1. The number of amides is 1. The van der Waals surface area contributed by atoms with Crippen LogP contribution in [0.15, 0.2) is 59.5 Å². The number of hydrogen-bond acceptors (Lipinski definition) is 7. The molecule has 0 bridgehead atoms. The molecular formula is C27H29N3O5S3. The van der Waals surface area contributed by atoms with E-state index in [0.717, 1.165) is 37.7 Å². The van der Waals surface area contributed by atoms with Crippen molar-refractivity contribution in [1.82, 2.24) is 4.72 Å². The van der Waals surface area contributed by atoms with Gasteiger partial charge in [-0.3, -0.25) is 4.79 Å². The number of carbonyl (C=O) groups excluding carboxylic acids is 2. The number of nitrogens with one attached hydrogen (secondary N) is 3. The Labute approximate surface area is 231 Å². The Morgan fingerprint density at radius 1 is 0.947 bits per heavy atom. The van der Waals surface area contributed by atoms with Crippen LogP contribution < -0.4 is 15.4 Å². The SMILES string of the molecule is CCOC(=O)c1c(NC(=S)Nc2ccc(S(=O)(=O)NC(=O)c3ccccc3)cc2)sc2c1CCCCCC2. The summed E-state index contributed by atoms with van der Waals surface area (Å²) in [5, 5.41) is 7.09. The number of rotatable bonds is 7. The van der Waals surface area contributed by atoms with Crippen LogP contribution in [0.4, 0.5) is 10.7 Å². The first kappa shape index (κ1) is 27.7. The van der Waals surface area contributed by atoms with Gasteiger partial charge in [-0.2, -0.15) is 0 Å². The zero-order valence-corrected chi connectivity index (χ0v) is 23.4. The highest BCUT2D eigenvalue weighted by Crippen LogP contribution is 2.37. The van der Waals surface area contributed by atoms with Gasteiger partial charge in [-0.05, 0) is 86.8 Å². The van der Waals surface area contributed by atoms with Crippen LogP contribution >= 0.6 is 23.6 Å². The quantitative estimate of drug-likeness (QED) is 0.251. The Bertz CT molecular complexity index is 1420. The average molecular weight is 572 g/mol. The summed E-state index contributed by atoms with van der Waals surface area (Å²) in [5.74, 6) is -1.07. The Balaban J connectivity index is 1.46. The van der Waals surface area contributed by atoms with Gasteiger partial charge in [0.1, 0.15) is 5.00 Å². The van der Waals surface area contributed by atoms with Crippen LogP contribution in [0.25, 0.3) is 0 Å². The van der Waals surface area contributed by atoms with Crippen LogP contribution in [0.3, 0.4) is 0 Å². The molecule has 3 aromatic rings. The third kappa shape index (κ3) is 6.77. The number of thiophene rings is 1. The molecule has 0 saturated heterocycles. The molecule has 0 fully saturated rings. The number of carbonyl (C=O) groups is 2. The highest BCUT2D eigenvalue weighted by atomic mass is 32.2. The van der Waals surface area contributed by atoms with E-state index in [1.54, 1.807) is 37.3 Å². The molecule has 0 saturated carbocycles. The third-order valence-corrected chi connectivity index (χ3v) is 8.82. The zero-order chi connectivity index (χ0) is 27.1. The maximum Gasteiger partial charge on any atom is 0.341 e. The fourth-order valence-electron chi connectivity index (χ4n) is 4.24. The topological polar surface area (TPSA) is 114 Å². The standard InChI is InChI=1S/C27H29N3O5S3/c1-2-35-26(32)23-21-12-8-3-4-9-13-22(21)37-25(23)29-27(36)28-19-14-16-20(17-15-19)38(33,34)30-24(31)18-10-6-5-7-11-18/h5-7,10-11,14-17H,2-4,8-9,12-13H2,1H3,(H,30,31)(H2,28,29,36). The average Bonchev–Trinajstić information content (AvgIpc) is 3.20. The molecule has 2 aromatic carbocycles. The summed E-state index contributed by atoms with van der Waals surface area (Å²) in [7, 11) is -4.06. The lowest BCUT2D eigenvalue weighted by atomic mass is 9.96. The van der Waals surface area contributed by atoms with Gasteiger partial charge < -0.3 is 15.4 Å². The number of esters is 1. The van der Waals surface area contributed by atoms with E-state index in [-0.39, 0.29) is 28.1 Å². The minimum absolute atomic E-state index is 0.0612. The van der Waals surface area contributed by atoms with Crippen molar-refractivity contribution >= 4 is 61.3 Å². The van der Waals surface area contributed by atoms with E-state index in [2.05, 4.69) is 15.4 Å². The summed E-state index contributed by atoms with van der Waals surface area (Å²) in [6.45, 7) is 2.07. The third-order valence-electron chi connectivity index (χ3n) is 6.06. The lowest BCUT2D eigenvalue weighted by Gasteiger charge is -2.13. The molecule has 3 N–H and O–H groups in total. The summed E-state index contributed by atoms with van der Waals surface area (Å²) in [6, 6.07) is 14.0. The summed E-state index contributed by atoms with van der Waals surface area (Å²) in [5.41, 5.74) is 2.39. The Kier molecular flexibility index (Phi) is 9.13. The second-order valence-corrected chi connectivity index (χ2v) is 11.9. The second kappa shape index (κ2) is 12.5. The molecular weight excluding hydrogens is 543 g/mol. The maximum absolute atomic E-state index is 12.8. The highest BCUT2D eigenvalue weighted by Gasteiger charge is 2.26. The van der Waals surface area contributed by atoms with E-state index in [9.17, 15) is 18.0 Å². The van der Waals surface area contributed by atoms with Crippen molar-refractivity contribution < 1.29 is 22.7 Å². The van der Waals surface area contributed by atoms with Crippen molar-refractivity contribution in [2.75, 3.05) is 17.2 Å². The number of ether oxygens (including phenoxy) is 1. The molecule has 1 heterocycles. The lowest BCUT2D eigenvalue weighted by Crippen LogP contribution is -2.30. The van der Waals surface area contributed by atoms with Crippen LogP contribution in [0.1, 0.15) is 63.8 Å². The number of thiocarbonyl (C=S) groups is 1. The van der Waals surface area contributed by atoms with Crippen LogP contribution in [0, 0.1) is 0 Å². The van der Waals surface area contributed by atoms with E-state index in [0.29, 0.717) is 16.3 Å². The number of aryl methyl sites for hydroxylation is 1. The molecule has 0 unspecified atom stereocenters. The van der Waals surface area contributed by atoms with Gasteiger partial charge in [-0.25, -0.2) is 17.9 Å². The zero-order valence-electron chi connectivity index (χ0n) is 20.9. The lowest BCUT2D eigenvalue weighted by molar-refractivity contribution is 0.0526. The predicted molar refractivity (Wildman–Crippen MR) is 154 cm³/mol. The number of fused-ring (bicyclic) bond motifs is 1. The van der Waals surface area contributed by atoms with E-state index in [1.807, 2.05) is 0 Å². The molecule has 4 rings (SSSR count). The highest BCUT2D eigenvalue weighted by molar-refractivity contribution is 7.90. The van der Waals surface area contributed by atoms with Crippen LogP contribution in [0.2, 0.25) is 0 Å². The molecule has 1 aliphatic rings. The van der Waals surface area contributed by atoms with E-state index >= 15 is 0 Å². The summed E-state index contributed by atoms with van der Waals surface area (Å²) >= 11 is 7.03. The van der Waals surface area contributed by atoms with E-state index < -0.39 is 15.9 Å². The monoisotopic (exact) mass is 571 g/mol. The van der Waals surface area contributed by atoms with Crippen molar-refractivity contribution in [3.63, 3.8) is 0 Å². The van der Waals surface area contributed by atoms with Crippen LogP contribution in [-0.2, 0) is 27.6 Å². The molecule has 0 radical (unpaired) electrons. The van der Waals surface area contributed by atoms with Crippen LogP contribution in [0.5, 0.6) is 0 Å². The van der Waals surface area contributed by atoms with Crippen molar-refractivity contribution in [1.29, 1.82) is 0 Å². The fraction of sp³-hybridized carbons (Fsp3) is 0.296. The molecule has 1 aliphatic carbocycles.